The molecule has 0 bridgehead atoms. The second-order valence-corrected chi connectivity index (χ2v) is 7.08. The van der Waals surface area contributed by atoms with Crippen LogP contribution in [-0.4, -0.2) is 41.9 Å². The van der Waals surface area contributed by atoms with E-state index in [2.05, 4.69) is 5.32 Å². The second kappa shape index (κ2) is 8.29. The molecule has 3 rings (SSSR count). The molecule has 1 saturated heterocycles. The van der Waals surface area contributed by atoms with E-state index >= 15 is 0 Å². The van der Waals surface area contributed by atoms with Crippen LogP contribution in [0.15, 0.2) is 41.0 Å². The van der Waals surface area contributed by atoms with Crippen LogP contribution in [0.3, 0.4) is 0 Å². The van der Waals surface area contributed by atoms with E-state index in [-0.39, 0.29) is 17.9 Å². The van der Waals surface area contributed by atoms with E-state index in [1.165, 1.54) is 6.26 Å². The zero-order valence-corrected chi connectivity index (χ0v) is 16.0. The minimum Gasteiger partial charge on any atom is -0.481 e. The molecule has 6 heteroatoms. The summed E-state index contributed by atoms with van der Waals surface area (Å²) in [4.78, 5) is 26.7. The van der Waals surface area contributed by atoms with Gasteiger partial charge < -0.3 is 19.4 Å². The third kappa shape index (κ3) is 4.70. The first-order valence-corrected chi connectivity index (χ1v) is 9.31. The average molecular weight is 370 g/mol. The summed E-state index contributed by atoms with van der Waals surface area (Å²) in [6.45, 7) is 6.82. The van der Waals surface area contributed by atoms with E-state index in [1.807, 2.05) is 38.1 Å². The highest BCUT2D eigenvalue weighted by molar-refractivity contribution is 5.93. The first-order valence-electron chi connectivity index (χ1n) is 9.31. The average Bonchev–Trinajstić information content (AvgIpc) is 3.09. The number of aryl methyl sites for hydroxylation is 2. The van der Waals surface area contributed by atoms with Crippen LogP contribution >= 0.6 is 0 Å². The molecule has 0 saturated carbocycles. The molecular weight excluding hydrogens is 344 g/mol. The highest BCUT2D eigenvalue weighted by atomic mass is 16.5. The molecule has 2 amide bonds. The van der Waals surface area contributed by atoms with Crippen LogP contribution in [0.25, 0.3) is 0 Å². The summed E-state index contributed by atoms with van der Waals surface area (Å²) < 4.78 is 11.0. The number of amides is 2. The van der Waals surface area contributed by atoms with Crippen molar-refractivity contribution in [3.63, 3.8) is 0 Å². The maximum atomic E-state index is 12.6. The predicted molar refractivity (Wildman–Crippen MR) is 102 cm³/mol. The fourth-order valence-electron chi connectivity index (χ4n) is 3.23. The van der Waals surface area contributed by atoms with Gasteiger partial charge in [0.05, 0.1) is 6.26 Å². The summed E-state index contributed by atoms with van der Waals surface area (Å²) >= 11 is 0. The quantitative estimate of drug-likeness (QED) is 0.878. The number of carbonyl (C=O) groups excluding carboxylic acids is 2. The maximum absolute atomic E-state index is 12.6. The van der Waals surface area contributed by atoms with Crippen LogP contribution in [0.5, 0.6) is 5.75 Å². The van der Waals surface area contributed by atoms with Gasteiger partial charge >= 0.3 is 0 Å². The zero-order chi connectivity index (χ0) is 19.4. The van der Waals surface area contributed by atoms with E-state index in [0.29, 0.717) is 37.4 Å². The van der Waals surface area contributed by atoms with Gasteiger partial charge in [-0.05, 0) is 51.8 Å². The van der Waals surface area contributed by atoms with Gasteiger partial charge in [0.2, 0.25) is 0 Å². The van der Waals surface area contributed by atoms with Crippen molar-refractivity contribution in [1.29, 1.82) is 0 Å². The molecule has 27 heavy (non-hydrogen) atoms. The number of ether oxygens (including phenoxy) is 1. The Morgan fingerprint density at radius 2 is 1.81 bits per heavy atom. The van der Waals surface area contributed by atoms with E-state index in [0.717, 1.165) is 11.1 Å². The minimum atomic E-state index is -0.537. The molecule has 1 aliphatic heterocycles. The summed E-state index contributed by atoms with van der Waals surface area (Å²) in [6, 6.07) is 9.48. The van der Waals surface area contributed by atoms with Gasteiger partial charge in [0.25, 0.3) is 11.8 Å². The minimum absolute atomic E-state index is 0.0257. The standard InChI is InChI=1S/C21H26N2O4/c1-14-4-6-18(7-5-14)27-16(3)21(25)23-11-8-17(9-12-23)22-20(24)19-15(2)10-13-26-19/h4-7,10,13,16-17H,8-9,11-12H2,1-3H3,(H,22,24). The summed E-state index contributed by atoms with van der Waals surface area (Å²) in [5.41, 5.74) is 1.97. The topological polar surface area (TPSA) is 71.8 Å². The normalized spacial score (nSPS) is 16.0. The van der Waals surface area contributed by atoms with Crippen molar-refractivity contribution in [2.45, 2.75) is 45.8 Å². The Bertz CT molecular complexity index is 789. The van der Waals surface area contributed by atoms with Crippen LogP contribution in [0.2, 0.25) is 0 Å². The molecule has 1 aromatic carbocycles. The number of nitrogens with zero attached hydrogens (tertiary/aromatic N) is 1. The van der Waals surface area contributed by atoms with Crippen LogP contribution in [0.4, 0.5) is 0 Å². The number of benzene rings is 1. The van der Waals surface area contributed by atoms with Gasteiger partial charge in [0.15, 0.2) is 11.9 Å². The van der Waals surface area contributed by atoms with Crippen LogP contribution < -0.4 is 10.1 Å². The second-order valence-electron chi connectivity index (χ2n) is 7.08. The van der Waals surface area contributed by atoms with E-state index in [1.54, 1.807) is 17.9 Å². The van der Waals surface area contributed by atoms with Gasteiger partial charge in [-0.15, -0.1) is 0 Å². The lowest BCUT2D eigenvalue weighted by atomic mass is 10.0. The molecule has 0 spiro atoms. The molecule has 1 unspecified atom stereocenters. The summed E-state index contributed by atoms with van der Waals surface area (Å²) in [5, 5.41) is 2.99. The lowest BCUT2D eigenvalue weighted by molar-refractivity contribution is -0.139. The van der Waals surface area contributed by atoms with Crippen molar-refractivity contribution in [3.8, 4) is 5.75 Å². The van der Waals surface area contributed by atoms with Crippen molar-refractivity contribution in [3.05, 3.63) is 53.5 Å². The Kier molecular flexibility index (Phi) is 5.84. The summed E-state index contributed by atoms with van der Waals surface area (Å²) in [7, 11) is 0. The molecule has 144 valence electrons. The van der Waals surface area contributed by atoms with Gasteiger partial charge in [0.1, 0.15) is 5.75 Å². The lowest BCUT2D eigenvalue weighted by Gasteiger charge is -2.33. The van der Waals surface area contributed by atoms with Crippen LogP contribution in [-0.2, 0) is 4.79 Å². The Hall–Kier alpha value is -2.76. The van der Waals surface area contributed by atoms with Gasteiger partial charge in [-0.1, -0.05) is 17.7 Å². The first-order chi connectivity index (χ1) is 12.9. The Labute approximate surface area is 159 Å². The number of piperidine rings is 1. The van der Waals surface area contributed by atoms with Crippen LogP contribution in [0, 0.1) is 13.8 Å². The van der Waals surface area contributed by atoms with Gasteiger partial charge in [-0.25, -0.2) is 0 Å². The zero-order valence-electron chi connectivity index (χ0n) is 16.0. The molecule has 0 radical (unpaired) electrons. The van der Waals surface area contributed by atoms with Crippen LogP contribution in [0.1, 0.15) is 41.4 Å². The predicted octanol–water partition coefficient (Wildman–Crippen LogP) is 3.08. The number of hydrogen-bond donors (Lipinski definition) is 1. The number of hydrogen-bond acceptors (Lipinski definition) is 4. The van der Waals surface area contributed by atoms with E-state index < -0.39 is 6.10 Å². The lowest BCUT2D eigenvalue weighted by Crippen LogP contribution is -2.49. The SMILES string of the molecule is Cc1ccc(OC(C)C(=O)N2CCC(NC(=O)c3occc3C)CC2)cc1. The number of likely N-dealkylation sites (tertiary alicyclic amines) is 1. The molecular formula is C21H26N2O4. The molecule has 6 nitrogen and oxygen atoms in total. The van der Waals surface area contributed by atoms with Crippen molar-refractivity contribution >= 4 is 11.8 Å². The molecule has 1 fully saturated rings. The fraction of sp³-hybridized carbons (Fsp3) is 0.429. The Morgan fingerprint density at radius 3 is 2.41 bits per heavy atom. The van der Waals surface area contributed by atoms with E-state index in [9.17, 15) is 9.59 Å². The molecule has 2 heterocycles. The van der Waals surface area contributed by atoms with Gasteiger partial charge in [-0.3, -0.25) is 9.59 Å². The number of nitrogens with one attached hydrogen (secondary N) is 1. The third-order valence-corrected chi connectivity index (χ3v) is 4.89. The first kappa shape index (κ1) is 19.0. The number of carbonyl (C=O) groups is 2. The smallest absolute Gasteiger partial charge is 0.287 e. The fourth-order valence-corrected chi connectivity index (χ4v) is 3.23. The van der Waals surface area contributed by atoms with Crippen molar-refractivity contribution in [1.82, 2.24) is 10.2 Å². The van der Waals surface area contributed by atoms with Crippen molar-refractivity contribution < 1.29 is 18.7 Å². The Balaban J connectivity index is 1.48. The van der Waals surface area contributed by atoms with Gasteiger partial charge in [0, 0.05) is 24.7 Å². The molecule has 1 aromatic heterocycles. The Morgan fingerprint density at radius 1 is 1.15 bits per heavy atom. The molecule has 2 aromatic rings. The molecule has 1 N–H and O–H groups in total. The number of rotatable bonds is 5. The third-order valence-electron chi connectivity index (χ3n) is 4.89. The molecule has 1 aliphatic rings. The highest BCUT2D eigenvalue weighted by Gasteiger charge is 2.28. The highest BCUT2D eigenvalue weighted by Crippen LogP contribution is 2.17. The van der Waals surface area contributed by atoms with Crippen molar-refractivity contribution in [2.24, 2.45) is 0 Å². The monoisotopic (exact) mass is 370 g/mol. The molecule has 0 aliphatic carbocycles. The largest absolute Gasteiger partial charge is 0.481 e. The van der Waals surface area contributed by atoms with Gasteiger partial charge in [-0.2, -0.15) is 0 Å². The van der Waals surface area contributed by atoms with Crippen molar-refractivity contribution in [2.75, 3.05) is 13.1 Å². The summed E-state index contributed by atoms with van der Waals surface area (Å²) in [6.07, 6.45) is 2.41. The molecule has 1 atom stereocenters. The maximum Gasteiger partial charge on any atom is 0.287 e. The summed E-state index contributed by atoms with van der Waals surface area (Å²) in [5.74, 6) is 0.826. The van der Waals surface area contributed by atoms with E-state index in [4.69, 9.17) is 9.15 Å². The number of furan rings is 1.